The van der Waals surface area contributed by atoms with Gasteiger partial charge in [-0.1, -0.05) is 6.07 Å². The molecule has 2 N–H and O–H groups in total. The van der Waals surface area contributed by atoms with Gasteiger partial charge in [0.05, 0.1) is 19.6 Å². The smallest absolute Gasteiger partial charge is 0.304 e. The summed E-state index contributed by atoms with van der Waals surface area (Å²) in [4.78, 5) is 12.2. The largest absolute Gasteiger partial charge is 0.504 e. The first kappa shape index (κ1) is 14.8. The number of carboxylic acids is 1. The van der Waals surface area contributed by atoms with Crippen molar-refractivity contribution in [3.05, 3.63) is 23.8 Å². The van der Waals surface area contributed by atoms with E-state index in [1.54, 1.807) is 24.1 Å². The van der Waals surface area contributed by atoms with Crippen LogP contribution in [0.15, 0.2) is 18.2 Å². The van der Waals surface area contributed by atoms with Crippen LogP contribution < -0.4 is 4.74 Å². The zero-order valence-electron chi connectivity index (χ0n) is 10.8. The third-order valence-corrected chi connectivity index (χ3v) is 2.76. The fourth-order valence-electron chi connectivity index (χ4n) is 1.69. The molecule has 1 unspecified atom stereocenters. The Labute approximate surface area is 111 Å². The number of benzene rings is 1. The summed E-state index contributed by atoms with van der Waals surface area (Å²) in [6.45, 7) is 0.261. The number of aliphatic carboxylic acids is 1. The second kappa shape index (κ2) is 6.61. The summed E-state index contributed by atoms with van der Waals surface area (Å²) in [5.41, 5.74) is 0.644. The number of nitrogens with zero attached hydrogens (tertiary/aromatic N) is 2. The number of phenolic OH excluding ortho intramolecular Hbond substituents is 1. The molecule has 0 aliphatic carbocycles. The van der Waals surface area contributed by atoms with Crippen LogP contribution in [0.4, 0.5) is 0 Å². The quantitative estimate of drug-likeness (QED) is 0.806. The fourth-order valence-corrected chi connectivity index (χ4v) is 1.69. The van der Waals surface area contributed by atoms with E-state index < -0.39 is 12.0 Å². The summed E-state index contributed by atoms with van der Waals surface area (Å²) in [6, 6.07) is 6.15. The Bertz CT molecular complexity index is 496. The number of carbonyl (C=O) groups is 1. The van der Waals surface area contributed by atoms with Crippen LogP contribution in [0.1, 0.15) is 18.0 Å². The minimum absolute atomic E-state index is 0.00358. The molecule has 0 saturated heterocycles. The lowest BCUT2D eigenvalue weighted by molar-refractivity contribution is -0.137. The molecule has 6 nitrogen and oxygen atoms in total. The summed E-state index contributed by atoms with van der Waals surface area (Å²) < 4.78 is 4.99. The number of aromatic hydroxyl groups is 1. The highest BCUT2D eigenvalue weighted by molar-refractivity contribution is 5.66. The maximum Gasteiger partial charge on any atom is 0.304 e. The van der Waals surface area contributed by atoms with E-state index in [0.29, 0.717) is 5.56 Å². The molecule has 0 fully saturated rings. The van der Waals surface area contributed by atoms with Crippen molar-refractivity contribution in [1.29, 1.82) is 5.26 Å². The van der Waals surface area contributed by atoms with E-state index in [1.807, 2.05) is 0 Å². The number of hydrogen-bond donors (Lipinski definition) is 2. The predicted molar refractivity (Wildman–Crippen MR) is 67.9 cm³/mol. The minimum atomic E-state index is -0.910. The van der Waals surface area contributed by atoms with Crippen molar-refractivity contribution < 1.29 is 19.7 Å². The average Bonchev–Trinajstić information content (AvgIpc) is 2.39. The molecule has 102 valence electrons. The van der Waals surface area contributed by atoms with Crippen LogP contribution in [0, 0.1) is 11.3 Å². The molecule has 0 saturated carbocycles. The van der Waals surface area contributed by atoms with Gasteiger partial charge in [0.2, 0.25) is 0 Å². The molecule has 1 rings (SSSR count). The number of methoxy groups -OCH3 is 1. The molecule has 1 aromatic rings. The van der Waals surface area contributed by atoms with Crippen LogP contribution in [0.25, 0.3) is 0 Å². The van der Waals surface area contributed by atoms with Crippen molar-refractivity contribution in [1.82, 2.24) is 4.90 Å². The summed E-state index contributed by atoms with van der Waals surface area (Å²) in [6.07, 6.45) is -0.0378. The van der Waals surface area contributed by atoms with E-state index in [0.717, 1.165) is 0 Å². The molecule has 6 heteroatoms. The molecule has 1 atom stereocenters. The van der Waals surface area contributed by atoms with Crippen LogP contribution in [0.5, 0.6) is 11.5 Å². The molecule has 19 heavy (non-hydrogen) atoms. The van der Waals surface area contributed by atoms with Crippen molar-refractivity contribution in [2.45, 2.75) is 12.5 Å². The lowest BCUT2D eigenvalue weighted by Crippen LogP contribution is -2.26. The standard InChI is InChI=1S/C13H16N2O4/c1-15(6-5-13(17)18)10(8-14)9-3-4-11(16)12(7-9)19-2/h3-4,7,10,16H,5-6H2,1-2H3,(H,17,18). The Morgan fingerprint density at radius 2 is 2.26 bits per heavy atom. The second-order valence-electron chi connectivity index (χ2n) is 4.09. The number of carboxylic acid groups (broad SMARTS) is 1. The van der Waals surface area contributed by atoms with Crippen LogP contribution in [0.2, 0.25) is 0 Å². The normalized spacial score (nSPS) is 11.9. The molecule has 0 heterocycles. The SMILES string of the molecule is COc1cc(C(C#N)N(C)CCC(=O)O)ccc1O. The molecule has 0 radical (unpaired) electrons. The van der Waals surface area contributed by atoms with Crippen molar-refractivity contribution in [3.63, 3.8) is 0 Å². The van der Waals surface area contributed by atoms with Gasteiger partial charge in [0, 0.05) is 6.54 Å². The molecule has 1 aromatic carbocycles. The first-order chi connectivity index (χ1) is 8.99. The predicted octanol–water partition coefficient (Wildman–Crippen LogP) is 1.37. The Morgan fingerprint density at radius 1 is 1.58 bits per heavy atom. The Hall–Kier alpha value is -2.26. The third-order valence-electron chi connectivity index (χ3n) is 2.76. The maximum atomic E-state index is 10.5. The van der Waals surface area contributed by atoms with E-state index >= 15 is 0 Å². The summed E-state index contributed by atoms with van der Waals surface area (Å²) >= 11 is 0. The highest BCUT2D eigenvalue weighted by Crippen LogP contribution is 2.30. The van der Waals surface area contributed by atoms with Gasteiger partial charge in [-0.05, 0) is 24.7 Å². The van der Waals surface area contributed by atoms with Crippen molar-refractivity contribution >= 4 is 5.97 Å². The summed E-state index contributed by atoms with van der Waals surface area (Å²) in [7, 11) is 3.10. The number of ether oxygens (including phenoxy) is 1. The topological polar surface area (TPSA) is 93.8 Å². The Balaban J connectivity index is 2.91. The lowest BCUT2D eigenvalue weighted by Gasteiger charge is -2.22. The number of nitriles is 1. The van der Waals surface area contributed by atoms with Gasteiger partial charge in [0.15, 0.2) is 11.5 Å². The number of phenols is 1. The zero-order chi connectivity index (χ0) is 14.4. The molecule has 0 bridgehead atoms. The monoisotopic (exact) mass is 264 g/mol. The van der Waals surface area contributed by atoms with Gasteiger partial charge in [-0.25, -0.2) is 0 Å². The van der Waals surface area contributed by atoms with E-state index in [4.69, 9.17) is 9.84 Å². The van der Waals surface area contributed by atoms with Gasteiger partial charge in [-0.3, -0.25) is 9.69 Å². The van der Waals surface area contributed by atoms with Gasteiger partial charge in [-0.2, -0.15) is 5.26 Å². The van der Waals surface area contributed by atoms with Gasteiger partial charge in [-0.15, -0.1) is 0 Å². The first-order valence-corrected chi connectivity index (χ1v) is 5.68. The minimum Gasteiger partial charge on any atom is -0.504 e. The van der Waals surface area contributed by atoms with E-state index in [2.05, 4.69) is 6.07 Å². The molecular formula is C13H16N2O4. The maximum absolute atomic E-state index is 10.5. The fraction of sp³-hybridized carbons (Fsp3) is 0.385. The van der Waals surface area contributed by atoms with Crippen LogP contribution in [0.3, 0.4) is 0 Å². The van der Waals surface area contributed by atoms with Crippen molar-refractivity contribution in [2.75, 3.05) is 20.7 Å². The molecule has 0 spiro atoms. The van der Waals surface area contributed by atoms with Crippen LogP contribution >= 0.6 is 0 Å². The van der Waals surface area contributed by atoms with Crippen molar-refractivity contribution in [2.24, 2.45) is 0 Å². The van der Waals surface area contributed by atoms with Gasteiger partial charge < -0.3 is 14.9 Å². The Kier molecular flexibility index (Phi) is 5.15. The average molecular weight is 264 g/mol. The van der Waals surface area contributed by atoms with E-state index in [9.17, 15) is 15.2 Å². The van der Waals surface area contributed by atoms with E-state index in [-0.39, 0.29) is 24.5 Å². The highest BCUT2D eigenvalue weighted by atomic mass is 16.5. The molecular weight excluding hydrogens is 248 g/mol. The van der Waals surface area contributed by atoms with Gasteiger partial charge >= 0.3 is 5.97 Å². The molecule has 0 aliphatic rings. The highest BCUT2D eigenvalue weighted by Gasteiger charge is 2.18. The second-order valence-corrected chi connectivity index (χ2v) is 4.09. The summed E-state index contributed by atoms with van der Waals surface area (Å²) in [5, 5.41) is 27.4. The number of rotatable bonds is 6. The van der Waals surface area contributed by atoms with Crippen LogP contribution in [-0.2, 0) is 4.79 Å². The molecule has 0 amide bonds. The molecule has 0 aromatic heterocycles. The summed E-state index contributed by atoms with van der Waals surface area (Å²) in [5.74, 6) is -0.632. The van der Waals surface area contributed by atoms with Gasteiger partial charge in [0.1, 0.15) is 6.04 Å². The third kappa shape index (κ3) is 3.86. The lowest BCUT2D eigenvalue weighted by atomic mass is 10.1. The van der Waals surface area contributed by atoms with E-state index in [1.165, 1.54) is 13.2 Å². The van der Waals surface area contributed by atoms with Gasteiger partial charge in [0.25, 0.3) is 0 Å². The van der Waals surface area contributed by atoms with Crippen molar-refractivity contribution in [3.8, 4) is 17.6 Å². The van der Waals surface area contributed by atoms with Crippen LogP contribution in [-0.4, -0.2) is 41.8 Å². The first-order valence-electron chi connectivity index (χ1n) is 5.68. The number of hydrogen-bond acceptors (Lipinski definition) is 5. The molecule has 0 aliphatic heterocycles. The Morgan fingerprint density at radius 3 is 2.79 bits per heavy atom. The zero-order valence-corrected chi connectivity index (χ0v) is 10.8.